The molecule has 274 valence electrons. The largest absolute Gasteiger partial charge is 0.495 e. The fourth-order valence-corrected chi connectivity index (χ4v) is 5.75. The van der Waals surface area contributed by atoms with Crippen LogP contribution in [0.3, 0.4) is 0 Å². The molecule has 0 aromatic carbocycles. The minimum Gasteiger partial charge on any atom is -0.495 e. The van der Waals surface area contributed by atoms with Crippen LogP contribution in [0.1, 0.15) is 60.9 Å². The molecular weight excluding hydrogens is 705 g/mol. The number of esters is 1. The zero-order chi connectivity index (χ0) is 38.3. The van der Waals surface area contributed by atoms with Crippen LogP contribution in [-0.2, 0) is 14.2 Å². The lowest BCUT2D eigenvalue weighted by atomic mass is 10.2. The summed E-state index contributed by atoms with van der Waals surface area (Å²) in [5.74, 6) is -0.572. The molecule has 16 nitrogen and oxygen atoms in total. The van der Waals surface area contributed by atoms with Gasteiger partial charge >= 0.3 is 24.1 Å². The van der Waals surface area contributed by atoms with Crippen molar-refractivity contribution in [3.63, 3.8) is 0 Å². The first kappa shape index (κ1) is 40.1. The minimum atomic E-state index is -1.08. The van der Waals surface area contributed by atoms with E-state index >= 15 is 0 Å². The Kier molecular flexibility index (Phi) is 13.0. The van der Waals surface area contributed by atoms with Crippen LogP contribution in [0.2, 0.25) is 0 Å². The van der Waals surface area contributed by atoms with E-state index in [1.54, 1.807) is 65.8 Å². The number of hydrogen-bond donors (Lipinski definition) is 1. The number of aromatic nitrogens is 4. The second-order valence-corrected chi connectivity index (χ2v) is 14.5. The van der Waals surface area contributed by atoms with Crippen LogP contribution in [0.15, 0.2) is 36.7 Å². The van der Waals surface area contributed by atoms with Crippen molar-refractivity contribution in [1.29, 1.82) is 0 Å². The average Bonchev–Trinajstić information content (AvgIpc) is 3.71. The van der Waals surface area contributed by atoms with Crippen molar-refractivity contribution in [3.8, 4) is 32.6 Å². The Hall–Kier alpha value is -5.36. The van der Waals surface area contributed by atoms with Crippen molar-refractivity contribution < 1.29 is 48.0 Å². The molecular formula is C33H40N6O10S2. The first-order chi connectivity index (χ1) is 23.8. The summed E-state index contributed by atoms with van der Waals surface area (Å²) in [5.41, 5.74) is -0.236. The molecule has 51 heavy (non-hydrogen) atoms. The molecule has 0 saturated carbocycles. The Morgan fingerprint density at radius 2 is 1.08 bits per heavy atom. The summed E-state index contributed by atoms with van der Waals surface area (Å²) in [7, 11) is 7.21. The maximum Gasteiger partial charge on any atom is 0.416 e. The van der Waals surface area contributed by atoms with E-state index in [1.807, 2.05) is 0 Å². The van der Waals surface area contributed by atoms with Crippen LogP contribution in [0.5, 0.6) is 11.5 Å². The number of thiophene rings is 2. The van der Waals surface area contributed by atoms with Crippen molar-refractivity contribution in [2.75, 3.05) is 45.2 Å². The lowest BCUT2D eigenvalue weighted by molar-refractivity contribution is 0.0576. The maximum absolute atomic E-state index is 12.2. The van der Waals surface area contributed by atoms with E-state index in [0.717, 1.165) is 11.3 Å². The Balaban J connectivity index is 0.000000276. The summed E-state index contributed by atoms with van der Waals surface area (Å²) < 4.78 is 25.7. The molecule has 4 aromatic heterocycles. The number of carbonyl (C=O) groups is 4. The SMILES string of the molecule is COC(=O)c1sc(-c2ccnc(N(C)C(=O)OC(C)(C)C)n2)cc1OC.COc1cc(-c2ccnc(N(C)C(=O)OC(C)(C)C)n2)sc1C(=O)O. The first-order valence-electron chi connectivity index (χ1n) is 15.1. The van der Waals surface area contributed by atoms with Gasteiger partial charge in [0.25, 0.3) is 0 Å². The second-order valence-electron chi connectivity index (χ2n) is 12.4. The summed E-state index contributed by atoms with van der Waals surface area (Å²) in [5, 5.41) is 9.21. The number of aromatic carboxylic acids is 1. The molecule has 0 atom stereocenters. The van der Waals surface area contributed by atoms with E-state index in [1.165, 1.54) is 69.0 Å². The van der Waals surface area contributed by atoms with Crippen molar-refractivity contribution in [1.82, 2.24) is 19.9 Å². The monoisotopic (exact) mass is 744 g/mol. The zero-order valence-electron chi connectivity index (χ0n) is 30.1. The van der Waals surface area contributed by atoms with Gasteiger partial charge in [-0.25, -0.2) is 48.9 Å². The number of ether oxygens (including phenoxy) is 5. The molecule has 0 aliphatic carbocycles. The Morgan fingerprint density at radius 3 is 1.41 bits per heavy atom. The first-order valence-corrected chi connectivity index (χ1v) is 16.7. The molecule has 0 saturated heterocycles. The lowest BCUT2D eigenvalue weighted by Gasteiger charge is -2.23. The van der Waals surface area contributed by atoms with Crippen LogP contribution in [0.25, 0.3) is 21.1 Å². The van der Waals surface area contributed by atoms with E-state index in [0.29, 0.717) is 31.8 Å². The van der Waals surface area contributed by atoms with Crippen LogP contribution in [0.4, 0.5) is 21.5 Å². The average molecular weight is 745 g/mol. The van der Waals surface area contributed by atoms with Crippen molar-refractivity contribution >= 4 is 58.7 Å². The van der Waals surface area contributed by atoms with E-state index in [4.69, 9.17) is 23.7 Å². The Morgan fingerprint density at radius 1 is 0.686 bits per heavy atom. The zero-order valence-corrected chi connectivity index (χ0v) is 31.7. The molecule has 0 fully saturated rings. The van der Waals surface area contributed by atoms with Gasteiger partial charge in [-0.05, 0) is 53.7 Å². The highest BCUT2D eigenvalue weighted by Gasteiger charge is 2.25. The van der Waals surface area contributed by atoms with Crippen molar-refractivity contribution in [3.05, 3.63) is 46.4 Å². The molecule has 1 N–H and O–H groups in total. The van der Waals surface area contributed by atoms with E-state index < -0.39 is 35.3 Å². The second kappa shape index (κ2) is 16.6. The lowest BCUT2D eigenvalue weighted by Crippen LogP contribution is -2.35. The summed E-state index contributed by atoms with van der Waals surface area (Å²) in [6.45, 7) is 10.6. The van der Waals surface area contributed by atoms with Gasteiger partial charge in [-0.3, -0.25) is 0 Å². The molecule has 2 amide bonds. The molecule has 0 radical (unpaired) electrons. The molecule has 0 spiro atoms. The third kappa shape index (κ3) is 10.8. The van der Waals surface area contributed by atoms with Gasteiger partial charge in [0.15, 0.2) is 9.75 Å². The number of carboxylic acid groups (broad SMARTS) is 1. The third-order valence-electron chi connectivity index (χ3n) is 6.13. The molecule has 4 rings (SSSR count). The smallest absolute Gasteiger partial charge is 0.416 e. The summed E-state index contributed by atoms with van der Waals surface area (Å²) in [6, 6.07) is 6.59. The van der Waals surface area contributed by atoms with Crippen LogP contribution >= 0.6 is 22.7 Å². The van der Waals surface area contributed by atoms with Gasteiger partial charge in [-0.15, -0.1) is 22.7 Å². The van der Waals surface area contributed by atoms with Crippen LogP contribution in [-0.4, -0.2) is 95.8 Å². The van der Waals surface area contributed by atoms with E-state index in [2.05, 4.69) is 19.9 Å². The van der Waals surface area contributed by atoms with Crippen molar-refractivity contribution in [2.45, 2.75) is 52.7 Å². The van der Waals surface area contributed by atoms with E-state index in [-0.39, 0.29) is 22.5 Å². The molecule has 4 aromatic rings. The number of anilines is 2. The van der Waals surface area contributed by atoms with Gasteiger partial charge in [-0.2, -0.15) is 0 Å². The van der Waals surface area contributed by atoms with Gasteiger partial charge in [0.2, 0.25) is 11.9 Å². The van der Waals surface area contributed by atoms with Gasteiger partial charge < -0.3 is 28.8 Å². The molecule has 4 heterocycles. The highest BCUT2D eigenvalue weighted by Crippen LogP contribution is 2.37. The topological polar surface area (TPSA) is 193 Å². The van der Waals surface area contributed by atoms with Gasteiger partial charge in [-0.1, -0.05) is 0 Å². The standard InChI is InChI=1S/C17H21N3O5S.C16H19N3O5S/c1-17(2,3)25-16(22)20(4)15-18-8-7-10(19-15)12-9-11(23-5)13(26-12)14(21)24-6;1-16(2,3)24-15(22)19(4)14-17-7-6-9(18-14)11-8-10(23-5)12(25-11)13(20)21/h7-9H,1-6H3;6-8H,1-5H3,(H,20,21). The Labute approximate surface area is 302 Å². The quantitative estimate of drug-likeness (QED) is 0.149. The molecule has 0 aliphatic heterocycles. The minimum absolute atomic E-state index is 0.0816. The number of hydrogen-bond acceptors (Lipinski definition) is 15. The number of carbonyl (C=O) groups excluding carboxylic acids is 3. The summed E-state index contributed by atoms with van der Waals surface area (Å²) in [4.78, 5) is 68.4. The van der Waals surface area contributed by atoms with Gasteiger partial charge in [0, 0.05) is 38.6 Å². The van der Waals surface area contributed by atoms with Gasteiger partial charge in [0.1, 0.15) is 22.7 Å². The molecule has 0 bridgehead atoms. The van der Waals surface area contributed by atoms with Gasteiger partial charge in [0.05, 0.1) is 42.5 Å². The fraction of sp³-hybridized carbons (Fsp3) is 0.394. The number of rotatable bonds is 8. The fourth-order valence-electron chi connectivity index (χ4n) is 3.81. The van der Waals surface area contributed by atoms with E-state index in [9.17, 15) is 24.3 Å². The number of methoxy groups -OCH3 is 3. The van der Waals surface area contributed by atoms with Crippen molar-refractivity contribution in [2.24, 2.45) is 0 Å². The predicted octanol–water partition coefficient (Wildman–Crippen LogP) is 6.65. The van der Waals surface area contributed by atoms with Crippen LogP contribution in [0, 0.1) is 0 Å². The maximum atomic E-state index is 12.2. The third-order valence-corrected chi connectivity index (χ3v) is 8.37. The molecule has 0 unspecified atom stereocenters. The number of carboxylic acids is 1. The highest BCUT2D eigenvalue weighted by molar-refractivity contribution is 7.18. The summed E-state index contributed by atoms with van der Waals surface area (Å²) >= 11 is 2.22. The number of amides is 2. The normalized spacial score (nSPS) is 11.0. The molecule has 18 heteroatoms. The number of nitrogens with zero attached hydrogens (tertiary/aromatic N) is 6. The highest BCUT2D eigenvalue weighted by atomic mass is 32.1. The van der Waals surface area contributed by atoms with Crippen LogP contribution < -0.4 is 19.3 Å². The Bertz CT molecular complexity index is 1880. The summed E-state index contributed by atoms with van der Waals surface area (Å²) in [6.07, 6.45) is 1.88. The predicted molar refractivity (Wildman–Crippen MR) is 191 cm³/mol. The molecule has 0 aliphatic rings.